The summed E-state index contributed by atoms with van der Waals surface area (Å²) in [7, 11) is 1.67. The van der Waals surface area contributed by atoms with E-state index in [1.807, 2.05) is 49.4 Å². The molecule has 0 unspecified atom stereocenters. The van der Waals surface area contributed by atoms with E-state index in [-0.39, 0.29) is 0 Å². The molecule has 0 atom stereocenters. The van der Waals surface area contributed by atoms with Crippen LogP contribution in [-0.4, -0.2) is 7.11 Å². The van der Waals surface area contributed by atoms with Crippen molar-refractivity contribution in [2.45, 2.75) is 26.7 Å². The van der Waals surface area contributed by atoms with Gasteiger partial charge in [0.15, 0.2) is 0 Å². The molecule has 21 heavy (non-hydrogen) atoms. The minimum atomic E-state index is 0.728. The first kappa shape index (κ1) is 17.3. The van der Waals surface area contributed by atoms with Crippen LogP contribution in [-0.2, 0) is 6.42 Å². The van der Waals surface area contributed by atoms with E-state index in [0.717, 1.165) is 23.6 Å². The summed E-state index contributed by atoms with van der Waals surface area (Å²) in [5.41, 5.74) is 2.49. The summed E-state index contributed by atoms with van der Waals surface area (Å²) in [6.07, 6.45) is 6.29. The van der Waals surface area contributed by atoms with Crippen LogP contribution in [0.2, 0.25) is 5.02 Å². The Morgan fingerprint density at radius 1 is 1.10 bits per heavy atom. The molecule has 0 N–H and O–H groups in total. The van der Waals surface area contributed by atoms with Gasteiger partial charge in [0, 0.05) is 5.02 Å². The average Bonchev–Trinajstić information content (AvgIpc) is 2.51. The summed E-state index contributed by atoms with van der Waals surface area (Å²) in [5.74, 6) is 0.893. The molecule has 2 rings (SSSR count). The molecule has 2 aromatic rings. The van der Waals surface area contributed by atoms with Gasteiger partial charge in [0.25, 0.3) is 0 Å². The standard InChI is InChI=1S/C10H13ClO.C9H10/c1-3-4-8-5-6-9(11)7-10(8)12-2;1-2-6-9-7-4-3-5-8-9/h5-7H,3-4H2,1-2H3;2-8H,1H3/b;6-2+. The molecule has 0 aliphatic rings. The third-order valence-corrected chi connectivity index (χ3v) is 3.16. The lowest BCUT2D eigenvalue weighted by atomic mass is 10.1. The van der Waals surface area contributed by atoms with E-state index in [0.29, 0.717) is 0 Å². The lowest BCUT2D eigenvalue weighted by Gasteiger charge is -2.06. The van der Waals surface area contributed by atoms with Crippen molar-refractivity contribution in [3.8, 4) is 5.75 Å². The zero-order valence-electron chi connectivity index (χ0n) is 13.0. The van der Waals surface area contributed by atoms with E-state index in [1.165, 1.54) is 11.1 Å². The normalized spacial score (nSPS) is 10.1. The van der Waals surface area contributed by atoms with Crippen LogP contribution in [0.15, 0.2) is 54.6 Å². The van der Waals surface area contributed by atoms with Crippen molar-refractivity contribution in [3.05, 3.63) is 70.8 Å². The summed E-state index contributed by atoms with van der Waals surface area (Å²) in [6.45, 7) is 4.17. The fourth-order valence-corrected chi connectivity index (χ4v) is 2.11. The molecule has 0 fully saturated rings. The number of halogens is 1. The van der Waals surface area contributed by atoms with E-state index in [4.69, 9.17) is 16.3 Å². The van der Waals surface area contributed by atoms with Crippen molar-refractivity contribution in [1.82, 2.24) is 0 Å². The smallest absolute Gasteiger partial charge is 0.123 e. The Hall–Kier alpha value is -1.73. The fraction of sp³-hybridized carbons (Fsp3) is 0.263. The topological polar surface area (TPSA) is 9.23 Å². The van der Waals surface area contributed by atoms with Gasteiger partial charge in [0.05, 0.1) is 7.11 Å². The van der Waals surface area contributed by atoms with Gasteiger partial charge in [-0.25, -0.2) is 0 Å². The van der Waals surface area contributed by atoms with Gasteiger partial charge in [0.2, 0.25) is 0 Å². The fourth-order valence-electron chi connectivity index (χ4n) is 1.95. The number of ether oxygens (including phenoxy) is 1. The summed E-state index contributed by atoms with van der Waals surface area (Å²) in [5, 5.41) is 0.728. The second kappa shape index (κ2) is 10.1. The molecule has 0 aromatic heterocycles. The van der Waals surface area contributed by atoms with Crippen molar-refractivity contribution in [3.63, 3.8) is 0 Å². The minimum Gasteiger partial charge on any atom is -0.496 e. The highest BCUT2D eigenvalue weighted by Crippen LogP contribution is 2.23. The Bertz CT molecular complexity index is 547. The molecule has 0 aliphatic carbocycles. The van der Waals surface area contributed by atoms with Crippen LogP contribution in [0.1, 0.15) is 31.4 Å². The number of rotatable bonds is 4. The first-order valence-corrected chi connectivity index (χ1v) is 7.59. The Morgan fingerprint density at radius 3 is 2.38 bits per heavy atom. The molecule has 0 radical (unpaired) electrons. The van der Waals surface area contributed by atoms with E-state index < -0.39 is 0 Å². The van der Waals surface area contributed by atoms with E-state index in [9.17, 15) is 0 Å². The lowest BCUT2D eigenvalue weighted by molar-refractivity contribution is 0.409. The molecular weight excluding hydrogens is 280 g/mol. The van der Waals surface area contributed by atoms with Crippen LogP contribution in [0.5, 0.6) is 5.75 Å². The summed E-state index contributed by atoms with van der Waals surface area (Å²) >= 11 is 5.82. The molecule has 0 amide bonds. The maximum atomic E-state index is 5.82. The molecule has 112 valence electrons. The zero-order chi connectivity index (χ0) is 15.5. The van der Waals surface area contributed by atoms with Crippen molar-refractivity contribution >= 4 is 17.7 Å². The van der Waals surface area contributed by atoms with Crippen molar-refractivity contribution < 1.29 is 4.74 Å². The highest BCUT2D eigenvalue weighted by Gasteiger charge is 2.01. The van der Waals surface area contributed by atoms with Crippen LogP contribution in [0.25, 0.3) is 6.08 Å². The second-order valence-corrected chi connectivity index (χ2v) is 5.05. The van der Waals surface area contributed by atoms with Gasteiger partial charge in [-0.1, -0.05) is 73.5 Å². The SMILES string of the molecule is C/C=C/c1ccccc1.CCCc1ccc(Cl)cc1OC. The van der Waals surface area contributed by atoms with E-state index >= 15 is 0 Å². The number of aryl methyl sites for hydroxylation is 1. The Morgan fingerprint density at radius 2 is 1.81 bits per heavy atom. The molecule has 0 saturated carbocycles. The van der Waals surface area contributed by atoms with Crippen LogP contribution in [0.3, 0.4) is 0 Å². The highest BCUT2D eigenvalue weighted by atomic mass is 35.5. The van der Waals surface area contributed by atoms with Gasteiger partial charge in [-0.05, 0) is 36.6 Å². The molecule has 2 aromatic carbocycles. The van der Waals surface area contributed by atoms with Crippen molar-refractivity contribution in [2.75, 3.05) is 7.11 Å². The Kier molecular flexibility index (Phi) is 8.30. The first-order valence-electron chi connectivity index (χ1n) is 7.21. The van der Waals surface area contributed by atoms with Crippen molar-refractivity contribution in [2.24, 2.45) is 0 Å². The quantitative estimate of drug-likeness (QED) is 0.671. The summed E-state index contributed by atoms with van der Waals surface area (Å²) in [4.78, 5) is 0. The molecule has 2 heteroatoms. The van der Waals surface area contributed by atoms with Crippen molar-refractivity contribution in [1.29, 1.82) is 0 Å². The van der Waals surface area contributed by atoms with E-state index in [2.05, 4.69) is 25.1 Å². The summed E-state index contributed by atoms with van der Waals surface area (Å²) in [6, 6.07) is 16.0. The van der Waals surface area contributed by atoms with Gasteiger partial charge >= 0.3 is 0 Å². The maximum absolute atomic E-state index is 5.82. The zero-order valence-corrected chi connectivity index (χ0v) is 13.7. The minimum absolute atomic E-state index is 0.728. The molecule has 0 saturated heterocycles. The van der Waals surface area contributed by atoms with Gasteiger partial charge in [-0.3, -0.25) is 0 Å². The lowest BCUT2D eigenvalue weighted by Crippen LogP contribution is -1.90. The number of hydrogen-bond donors (Lipinski definition) is 0. The number of allylic oxidation sites excluding steroid dienone is 1. The third-order valence-electron chi connectivity index (χ3n) is 2.93. The largest absolute Gasteiger partial charge is 0.496 e. The Balaban J connectivity index is 0.000000219. The van der Waals surface area contributed by atoms with E-state index in [1.54, 1.807) is 7.11 Å². The Labute approximate surface area is 133 Å². The molecule has 1 nitrogen and oxygen atoms in total. The molecule has 0 spiro atoms. The molecule has 0 heterocycles. The first-order chi connectivity index (χ1) is 10.2. The number of methoxy groups -OCH3 is 1. The monoisotopic (exact) mass is 302 g/mol. The molecule has 0 bridgehead atoms. The van der Waals surface area contributed by atoms with Gasteiger partial charge in [0.1, 0.15) is 5.75 Å². The van der Waals surface area contributed by atoms with Gasteiger partial charge in [-0.2, -0.15) is 0 Å². The maximum Gasteiger partial charge on any atom is 0.123 e. The number of hydrogen-bond acceptors (Lipinski definition) is 1. The average molecular weight is 303 g/mol. The van der Waals surface area contributed by atoms with Crippen LogP contribution >= 0.6 is 11.6 Å². The van der Waals surface area contributed by atoms with Gasteiger partial charge < -0.3 is 4.74 Å². The van der Waals surface area contributed by atoms with Crippen LogP contribution in [0, 0.1) is 0 Å². The van der Waals surface area contributed by atoms with Crippen LogP contribution < -0.4 is 4.74 Å². The highest BCUT2D eigenvalue weighted by molar-refractivity contribution is 6.30. The summed E-state index contributed by atoms with van der Waals surface area (Å²) < 4.78 is 5.19. The second-order valence-electron chi connectivity index (χ2n) is 4.62. The predicted molar refractivity (Wildman–Crippen MR) is 93.1 cm³/mol. The number of benzene rings is 2. The molecular formula is C19H23ClO. The molecule has 0 aliphatic heterocycles. The van der Waals surface area contributed by atoms with Gasteiger partial charge in [-0.15, -0.1) is 0 Å². The van der Waals surface area contributed by atoms with Crippen LogP contribution in [0.4, 0.5) is 0 Å². The third kappa shape index (κ3) is 6.50. The predicted octanol–water partition coefficient (Wildman–Crippen LogP) is 6.02.